The molecule has 0 aliphatic carbocycles. The first-order chi connectivity index (χ1) is 18.8. The summed E-state index contributed by atoms with van der Waals surface area (Å²) >= 11 is 1.89. The van der Waals surface area contributed by atoms with E-state index in [4.69, 9.17) is 4.98 Å². The Morgan fingerprint density at radius 2 is 1.29 bits per heavy atom. The summed E-state index contributed by atoms with van der Waals surface area (Å²) in [4.78, 5) is 4.77. The zero-order valence-corrected chi connectivity index (χ0v) is 21.3. The van der Waals surface area contributed by atoms with Gasteiger partial charge >= 0.3 is 0 Å². The highest BCUT2D eigenvalue weighted by atomic mass is 32.1. The maximum atomic E-state index is 4.77. The van der Waals surface area contributed by atoms with Crippen LogP contribution in [0.2, 0.25) is 0 Å². The molecule has 0 amide bonds. The minimum Gasteiger partial charge on any atom is -0.309 e. The van der Waals surface area contributed by atoms with Gasteiger partial charge in [0.2, 0.25) is 0 Å². The molecule has 8 aromatic rings. The maximum absolute atomic E-state index is 4.77. The van der Waals surface area contributed by atoms with Crippen LogP contribution in [-0.2, 0) is 0 Å². The molecule has 0 bridgehead atoms. The number of aromatic nitrogens is 2. The zero-order valence-electron chi connectivity index (χ0n) is 20.5. The Kier molecular flexibility index (Phi) is 4.73. The fourth-order valence-corrected chi connectivity index (χ4v) is 6.96. The molecule has 2 nitrogen and oxygen atoms in total. The first kappa shape index (κ1) is 21.4. The van der Waals surface area contributed by atoms with Crippen molar-refractivity contribution < 1.29 is 0 Å². The third-order valence-electron chi connectivity index (χ3n) is 7.45. The standard InChI is InChI=1S/C35H22N2S/c1-3-9-23(10-4-1)24-19-20-36-30(21-24)25-15-16-29-32(22-25)37(26-11-5-2-6-12-26)31-18-17-28-27-13-7-8-14-33(27)38-35(28)34(29)31/h1-22H. The average Bonchev–Trinajstić information content (AvgIpc) is 3.53. The highest BCUT2D eigenvalue weighted by molar-refractivity contribution is 7.26. The summed E-state index contributed by atoms with van der Waals surface area (Å²) in [6.07, 6.45) is 1.91. The molecule has 0 fully saturated rings. The van der Waals surface area contributed by atoms with Crippen LogP contribution in [0, 0.1) is 0 Å². The molecule has 5 aromatic carbocycles. The third-order valence-corrected chi connectivity index (χ3v) is 8.66. The molecule has 0 atom stereocenters. The van der Waals surface area contributed by atoms with E-state index in [1.165, 1.54) is 53.1 Å². The van der Waals surface area contributed by atoms with E-state index in [0.717, 1.165) is 16.9 Å². The SMILES string of the molecule is c1ccc(-c2ccnc(-c3ccc4c5c6sc7ccccc7c6ccc5n(-c5ccccc5)c4c3)c2)cc1. The van der Waals surface area contributed by atoms with Gasteiger partial charge < -0.3 is 4.57 Å². The van der Waals surface area contributed by atoms with E-state index in [1.54, 1.807) is 0 Å². The van der Waals surface area contributed by atoms with Gasteiger partial charge in [0.05, 0.1) is 16.7 Å². The number of nitrogens with zero attached hydrogens (tertiary/aromatic N) is 2. The summed E-state index contributed by atoms with van der Waals surface area (Å²) in [5.74, 6) is 0. The number of hydrogen-bond donors (Lipinski definition) is 0. The molecule has 38 heavy (non-hydrogen) atoms. The van der Waals surface area contributed by atoms with Gasteiger partial charge in [-0.3, -0.25) is 4.98 Å². The molecule has 3 heteroatoms. The first-order valence-electron chi connectivity index (χ1n) is 12.8. The second-order valence-corrected chi connectivity index (χ2v) is 10.7. The second kappa shape index (κ2) is 8.41. The van der Waals surface area contributed by atoms with Crippen molar-refractivity contribution in [1.29, 1.82) is 0 Å². The van der Waals surface area contributed by atoms with Crippen LogP contribution in [0.5, 0.6) is 0 Å². The number of thiophene rings is 1. The summed E-state index contributed by atoms with van der Waals surface area (Å²) in [5.41, 5.74) is 8.05. The Balaban J connectivity index is 1.43. The van der Waals surface area contributed by atoms with Crippen LogP contribution in [0.25, 0.3) is 70.0 Å². The Morgan fingerprint density at radius 3 is 2.16 bits per heavy atom. The van der Waals surface area contributed by atoms with Gasteiger partial charge in [0.25, 0.3) is 0 Å². The van der Waals surface area contributed by atoms with E-state index in [0.29, 0.717) is 0 Å². The van der Waals surface area contributed by atoms with Crippen LogP contribution in [0.4, 0.5) is 0 Å². The van der Waals surface area contributed by atoms with Gasteiger partial charge in [-0.25, -0.2) is 0 Å². The number of hydrogen-bond acceptors (Lipinski definition) is 2. The Bertz CT molecular complexity index is 2120. The quantitative estimate of drug-likeness (QED) is 0.235. The van der Waals surface area contributed by atoms with E-state index >= 15 is 0 Å². The summed E-state index contributed by atoms with van der Waals surface area (Å²) in [6.45, 7) is 0. The van der Waals surface area contributed by atoms with Crippen molar-refractivity contribution in [3.63, 3.8) is 0 Å². The van der Waals surface area contributed by atoms with E-state index in [1.807, 2.05) is 17.5 Å². The largest absolute Gasteiger partial charge is 0.309 e. The Hall–Kier alpha value is -4.73. The van der Waals surface area contributed by atoms with Crippen molar-refractivity contribution in [3.05, 3.63) is 134 Å². The average molecular weight is 503 g/mol. The predicted octanol–water partition coefficient (Wildman–Crippen LogP) is 9.88. The van der Waals surface area contributed by atoms with Gasteiger partial charge in [-0.1, -0.05) is 84.9 Å². The molecule has 0 N–H and O–H groups in total. The first-order valence-corrected chi connectivity index (χ1v) is 13.6. The number of fused-ring (bicyclic) bond motifs is 7. The minimum atomic E-state index is 0.977. The van der Waals surface area contributed by atoms with Gasteiger partial charge in [-0.05, 0) is 53.6 Å². The van der Waals surface area contributed by atoms with Crippen LogP contribution >= 0.6 is 11.3 Å². The van der Waals surface area contributed by atoms with Crippen LogP contribution in [0.15, 0.2) is 134 Å². The smallest absolute Gasteiger partial charge is 0.0708 e. The number of para-hydroxylation sites is 1. The van der Waals surface area contributed by atoms with Gasteiger partial charge in [0, 0.05) is 48.4 Å². The second-order valence-electron chi connectivity index (χ2n) is 9.63. The van der Waals surface area contributed by atoms with Crippen LogP contribution in [0.1, 0.15) is 0 Å². The van der Waals surface area contributed by atoms with Crippen molar-refractivity contribution in [2.45, 2.75) is 0 Å². The van der Waals surface area contributed by atoms with Gasteiger partial charge in [-0.2, -0.15) is 0 Å². The Morgan fingerprint density at radius 1 is 0.526 bits per heavy atom. The lowest BCUT2D eigenvalue weighted by atomic mass is 10.0. The molecule has 3 heterocycles. The molecular weight excluding hydrogens is 480 g/mol. The van der Waals surface area contributed by atoms with Gasteiger partial charge in [0.15, 0.2) is 0 Å². The molecule has 0 aliphatic rings. The van der Waals surface area contributed by atoms with E-state index < -0.39 is 0 Å². The molecule has 3 aromatic heterocycles. The van der Waals surface area contributed by atoms with Crippen molar-refractivity contribution in [3.8, 4) is 28.1 Å². The number of benzene rings is 5. The topological polar surface area (TPSA) is 17.8 Å². The summed E-state index contributed by atoms with van der Waals surface area (Å²) < 4.78 is 5.08. The molecule has 0 aliphatic heterocycles. The highest BCUT2D eigenvalue weighted by Crippen LogP contribution is 2.43. The monoisotopic (exact) mass is 502 g/mol. The molecular formula is C35H22N2S. The molecule has 0 saturated carbocycles. The highest BCUT2D eigenvalue weighted by Gasteiger charge is 2.18. The maximum Gasteiger partial charge on any atom is 0.0708 e. The molecule has 8 rings (SSSR count). The Labute approximate surface area is 224 Å². The van der Waals surface area contributed by atoms with Crippen molar-refractivity contribution >= 4 is 53.3 Å². The van der Waals surface area contributed by atoms with E-state index in [2.05, 4.69) is 132 Å². The van der Waals surface area contributed by atoms with Crippen LogP contribution < -0.4 is 0 Å². The molecule has 0 saturated heterocycles. The predicted molar refractivity (Wildman–Crippen MR) is 162 cm³/mol. The van der Waals surface area contributed by atoms with Crippen molar-refractivity contribution in [2.24, 2.45) is 0 Å². The summed E-state index contributed by atoms with van der Waals surface area (Å²) in [5, 5.41) is 5.24. The minimum absolute atomic E-state index is 0.977. The third kappa shape index (κ3) is 3.22. The molecule has 0 radical (unpaired) electrons. The molecule has 178 valence electrons. The van der Waals surface area contributed by atoms with Crippen molar-refractivity contribution in [1.82, 2.24) is 9.55 Å². The van der Waals surface area contributed by atoms with Crippen LogP contribution in [0.3, 0.4) is 0 Å². The lowest BCUT2D eigenvalue weighted by Crippen LogP contribution is -1.93. The van der Waals surface area contributed by atoms with Gasteiger partial charge in [-0.15, -0.1) is 11.3 Å². The summed E-state index contributed by atoms with van der Waals surface area (Å²) in [6, 6.07) is 45.6. The molecule has 0 spiro atoms. The zero-order chi connectivity index (χ0) is 25.1. The lowest BCUT2D eigenvalue weighted by Gasteiger charge is -2.09. The lowest BCUT2D eigenvalue weighted by molar-refractivity contribution is 1.18. The number of rotatable bonds is 3. The summed E-state index contributed by atoms with van der Waals surface area (Å²) in [7, 11) is 0. The van der Waals surface area contributed by atoms with E-state index in [9.17, 15) is 0 Å². The normalized spacial score (nSPS) is 11.7. The number of pyridine rings is 1. The fraction of sp³-hybridized carbons (Fsp3) is 0. The van der Waals surface area contributed by atoms with Crippen LogP contribution in [-0.4, -0.2) is 9.55 Å². The fourth-order valence-electron chi connectivity index (χ4n) is 5.70. The molecule has 0 unspecified atom stereocenters. The van der Waals surface area contributed by atoms with E-state index in [-0.39, 0.29) is 0 Å². The van der Waals surface area contributed by atoms with Gasteiger partial charge in [0.1, 0.15) is 0 Å². The van der Waals surface area contributed by atoms with Crippen molar-refractivity contribution in [2.75, 3.05) is 0 Å².